The second kappa shape index (κ2) is 5.59. The number of anilines is 2. The van der Waals surface area contributed by atoms with E-state index in [4.69, 9.17) is 0 Å². The van der Waals surface area contributed by atoms with Gasteiger partial charge >= 0.3 is 0 Å². The van der Waals surface area contributed by atoms with Crippen LogP contribution in [0, 0.1) is 11.2 Å². The Kier molecular flexibility index (Phi) is 4.56. The molecule has 106 valence electrons. The van der Waals surface area contributed by atoms with Crippen molar-refractivity contribution in [3.8, 4) is 0 Å². The third-order valence-corrected chi connectivity index (χ3v) is 3.04. The zero-order valence-corrected chi connectivity index (χ0v) is 12.5. The molecule has 1 aromatic rings. The van der Waals surface area contributed by atoms with Crippen molar-refractivity contribution in [1.29, 1.82) is 0 Å². The van der Waals surface area contributed by atoms with Gasteiger partial charge in [0.25, 0.3) is 0 Å². The van der Waals surface area contributed by atoms with Gasteiger partial charge in [-0.2, -0.15) is 0 Å². The molecule has 3 nitrogen and oxygen atoms in total. The van der Waals surface area contributed by atoms with Gasteiger partial charge in [-0.05, 0) is 32.0 Å². The standard InChI is InChI=1S/C15H23FN2O/c1-10(2)18(6)13-8-7-11(9-12(13)16)17-14(19)15(3,4)5/h7-10H,1-6H3,(H,17,19). The number of hydrogen-bond acceptors (Lipinski definition) is 2. The quantitative estimate of drug-likeness (QED) is 0.905. The average molecular weight is 266 g/mol. The minimum atomic E-state index is -0.496. The van der Waals surface area contributed by atoms with Gasteiger partial charge in [0, 0.05) is 24.2 Å². The number of hydrogen-bond donors (Lipinski definition) is 1. The lowest BCUT2D eigenvalue weighted by Crippen LogP contribution is -2.28. The number of carbonyl (C=O) groups excluding carboxylic acids is 1. The Morgan fingerprint density at radius 1 is 1.32 bits per heavy atom. The van der Waals surface area contributed by atoms with Gasteiger partial charge < -0.3 is 10.2 Å². The van der Waals surface area contributed by atoms with E-state index in [1.54, 1.807) is 12.1 Å². The van der Waals surface area contributed by atoms with E-state index in [-0.39, 0.29) is 17.8 Å². The average Bonchev–Trinajstić information content (AvgIpc) is 2.26. The molecule has 0 radical (unpaired) electrons. The normalized spacial score (nSPS) is 11.6. The van der Waals surface area contributed by atoms with Gasteiger partial charge in [-0.25, -0.2) is 4.39 Å². The predicted molar refractivity (Wildman–Crippen MR) is 78.0 cm³/mol. The monoisotopic (exact) mass is 266 g/mol. The molecule has 0 atom stereocenters. The maximum atomic E-state index is 14.0. The Labute approximate surface area is 114 Å². The third-order valence-electron chi connectivity index (χ3n) is 3.04. The molecule has 0 saturated heterocycles. The Bertz CT molecular complexity index is 464. The molecule has 1 amide bonds. The summed E-state index contributed by atoms with van der Waals surface area (Å²) in [5, 5.41) is 2.72. The summed E-state index contributed by atoms with van der Waals surface area (Å²) in [5.74, 6) is -0.459. The van der Waals surface area contributed by atoms with Crippen molar-refractivity contribution in [3.05, 3.63) is 24.0 Å². The van der Waals surface area contributed by atoms with Crippen LogP contribution >= 0.6 is 0 Å². The number of nitrogens with one attached hydrogen (secondary N) is 1. The lowest BCUT2D eigenvalue weighted by atomic mass is 9.95. The van der Waals surface area contributed by atoms with Crippen molar-refractivity contribution in [2.45, 2.75) is 40.7 Å². The molecule has 4 heteroatoms. The van der Waals surface area contributed by atoms with Crippen LogP contribution in [0.5, 0.6) is 0 Å². The number of benzene rings is 1. The summed E-state index contributed by atoms with van der Waals surface area (Å²) in [6.07, 6.45) is 0. The number of rotatable bonds is 3. The van der Waals surface area contributed by atoms with Crippen molar-refractivity contribution in [2.75, 3.05) is 17.3 Å². The minimum absolute atomic E-state index is 0.128. The molecule has 1 rings (SSSR count). The number of amides is 1. The minimum Gasteiger partial charge on any atom is -0.370 e. The van der Waals surface area contributed by atoms with E-state index in [2.05, 4.69) is 5.32 Å². The highest BCUT2D eigenvalue weighted by molar-refractivity contribution is 5.94. The number of carbonyl (C=O) groups is 1. The molecule has 0 unspecified atom stereocenters. The van der Waals surface area contributed by atoms with Crippen LogP contribution in [-0.2, 0) is 4.79 Å². The maximum absolute atomic E-state index is 14.0. The summed E-state index contributed by atoms with van der Waals surface area (Å²) in [6.45, 7) is 9.45. The summed E-state index contributed by atoms with van der Waals surface area (Å²) in [6, 6.07) is 4.98. The molecule has 0 aliphatic carbocycles. The van der Waals surface area contributed by atoms with E-state index in [1.807, 2.05) is 46.6 Å². The van der Waals surface area contributed by atoms with Crippen molar-refractivity contribution in [2.24, 2.45) is 5.41 Å². The highest BCUT2D eigenvalue weighted by Gasteiger charge is 2.21. The molecule has 0 aliphatic rings. The number of nitrogens with zero attached hydrogens (tertiary/aromatic N) is 1. The van der Waals surface area contributed by atoms with Gasteiger partial charge in [0.15, 0.2) is 0 Å². The van der Waals surface area contributed by atoms with Crippen LogP contribution in [-0.4, -0.2) is 19.0 Å². The number of halogens is 1. The van der Waals surface area contributed by atoms with E-state index >= 15 is 0 Å². The molecular formula is C15H23FN2O. The molecular weight excluding hydrogens is 243 g/mol. The first-order valence-electron chi connectivity index (χ1n) is 6.46. The molecule has 0 spiro atoms. The second-order valence-electron chi connectivity index (χ2n) is 6.07. The third kappa shape index (κ3) is 3.94. The molecule has 0 bridgehead atoms. The highest BCUT2D eigenvalue weighted by Crippen LogP contribution is 2.24. The van der Waals surface area contributed by atoms with E-state index in [0.29, 0.717) is 11.4 Å². The van der Waals surface area contributed by atoms with E-state index in [1.165, 1.54) is 6.07 Å². The summed E-state index contributed by atoms with van der Waals surface area (Å²) >= 11 is 0. The fourth-order valence-corrected chi connectivity index (χ4v) is 1.47. The summed E-state index contributed by atoms with van der Waals surface area (Å²) in [7, 11) is 1.84. The van der Waals surface area contributed by atoms with Crippen LogP contribution in [0.3, 0.4) is 0 Å². The zero-order valence-electron chi connectivity index (χ0n) is 12.5. The Morgan fingerprint density at radius 3 is 2.32 bits per heavy atom. The van der Waals surface area contributed by atoms with Crippen LogP contribution in [0.4, 0.5) is 15.8 Å². The second-order valence-corrected chi connectivity index (χ2v) is 6.07. The van der Waals surface area contributed by atoms with E-state index in [9.17, 15) is 9.18 Å². The molecule has 0 heterocycles. The Morgan fingerprint density at radius 2 is 1.89 bits per heavy atom. The van der Waals surface area contributed by atoms with Crippen molar-refractivity contribution < 1.29 is 9.18 Å². The molecule has 19 heavy (non-hydrogen) atoms. The van der Waals surface area contributed by atoms with Crippen LogP contribution < -0.4 is 10.2 Å². The lowest BCUT2D eigenvalue weighted by Gasteiger charge is -2.25. The van der Waals surface area contributed by atoms with Gasteiger partial charge in [0.2, 0.25) is 5.91 Å². The summed E-state index contributed by atoms with van der Waals surface area (Å²) < 4.78 is 14.0. The summed E-state index contributed by atoms with van der Waals surface area (Å²) in [4.78, 5) is 13.7. The van der Waals surface area contributed by atoms with Gasteiger partial charge in [-0.15, -0.1) is 0 Å². The van der Waals surface area contributed by atoms with Gasteiger partial charge in [0.05, 0.1) is 5.69 Å². The first-order valence-corrected chi connectivity index (χ1v) is 6.46. The van der Waals surface area contributed by atoms with E-state index in [0.717, 1.165) is 0 Å². The fraction of sp³-hybridized carbons (Fsp3) is 0.533. The van der Waals surface area contributed by atoms with Crippen molar-refractivity contribution in [1.82, 2.24) is 0 Å². The van der Waals surface area contributed by atoms with Crippen LogP contribution in [0.2, 0.25) is 0 Å². The van der Waals surface area contributed by atoms with Gasteiger partial charge in [0.1, 0.15) is 5.82 Å². The molecule has 1 aromatic carbocycles. The first-order chi connectivity index (χ1) is 8.62. The van der Waals surface area contributed by atoms with Gasteiger partial charge in [-0.3, -0.25) is 4.79 Å². The predicted octanol–water partition coefficient (Wildman–Crippen LogP) is 3.65. The van der Waals surface area contributed by atoms with Crippen molar-refractivity contribution >= 4 is 17.3 Å². The fourth-order valence-electron chi connectivity index (χ4n) is 1.47. The molecule has 1 N–H and O–H groups in total. The largest absolute Gasteiger partial charge is 0.370 e. The molecule has 0 saturated carbocycles. The van der Waals surface area contributed by atoms with Crippen molar-refractivity contribution in [3.63, 3.8) is 0 Å². The zero-order chi connectivity index (χ0) is 14.8. The van der Waals surface area contributed by atoms with Crippen LogP contribution in [0.1, 0.15) is 34.6 Å². The SMILES string of the molecule is CC(C)N(C)c1ccc(NC(=O)C(C)(C)C)cc1F. The topological polar surface area (TPSA) is 32.3 Å². The maximum Gasteiger partial charge on any atom is 0.229 e. The Balaban J connectivity index is 2.92. The van der Waals surface area contributed by atoms with Gasteiger partial charge in [-0.1, -0.05) is 20.8 Å². The van der Waals surface area contributed by atoms with E-state index < -0.39 is 5.41 Å². The lowest BCUT2D eigenvalue weighted by molar-refractivity contribution is -0.123. The highest BCUT2D eigenvalue weighted by atomic mass is 19.1. The summed E-state index contributed by atoms with van der Waals surface area (Å²) in [5.41, 5.74) is 0.520. The molecule has 0 fully saturated rings. The Hall–Kier alpha value is -1.58. The van der Waals surface area contributed by atoms with Crippen LogP contribution in [0.25, 0.3) is 0 Å². The van der Waals surface area contributed by atoms with Crippen LogP contribution in [0.15, 0.2) is 18.2 Å². The molecule has 0 aromatic heterocycles. The molecule has 0 aliphatic heterocycles. The smallest absolute Gasteiger partial charge is 0.229 e. The first kappa shape index (κ1) is 15.5.